The second-order valence-corrected chi connectivity index (χ2v) is 7.11. The predicted octanol–water partition coefficient (Wildman–Crippen LogP) is 1.87. The molecular formula is C19H29N3O4. The first-order valence-electron chi connectivity index (χ1n) is 9.11. The number of amides is 3. The lowest BCUT2D eigenvalue weighted by Crippen LogP contribution is -2.40. The number of carbonyl (C=O) groups excluding carboxylic acids is 2. The van der Waals surface area contributed by atoms with E-state index in [2.05, 4.69) is 16.0 Å². The number of hydrogen-bond donors (Lipinski definition) is 4. The molecule has 7 nitrogen and oxygen atoms in total. The summed E-state index contributed by atoms with van der Waals surface area (Å²) < 4.78 is 5.32. The van der Waals surface area contributed by atoms with Gasteiger partial charge in [-0.3, -0.25) is 4.79 Å². The van der Waals surface area contributed by atoms with Crippen LogP contribution in [0.1, 0.15) is 32.3 Å². The van der Waals surface area contributed by atoms with Crippen molar-refractivity contribution in [2.75, 3.05) is 25.1 Å². The molecule has 7 heteroatoms. The molecule has 1 atom stereocenters. The smallest absolute Gasteiger partial charge is 0.315 e. The number of hydrogen-bond acceptors (Lipinski definition) is 4. The molecule has 1 unspecified atom stereocenters. The minimum atomic E-state index is -0.728. The maximum atomic E-state index is 11.8. The van der Waals surface area contributed by atoms with Gasteiger partial charge in [-0.15, -0.1) is 0 Å². The molecule has 0 aliphatic heterocycles. The molecule has 1 aromatic carbocycles. The molecule has 2 rings (SSSR count). The summed E-state index contributed by atoms with van der Waals surface area (Å²) in [5.41, 5.74) is 1.69. The Bertz CT molecular complexity index is 585. The molecule has 0 radical (unpaired) electrons. The van der Waals surface area contributed by atoms with Gasteiger partial charge in [-0.25, -0.2) is 4.79 Å². The van der Waals surface area contributed by atoms with E-state index in [1.165, 1.54) is 0 Å². The van der Waals surface area contributed by atoms with E-state index in [4.69, 9.17) is 4.74 Å². The molecule has 26 heavy (non-hydrogen) atoms. The monoisotopic (exact) mass is 363 g/mol. The molecule has 4 N–H and O–H groups in total. The summed E-state index contributed by atoms with van der Waals surface area (Å²) in [6, 6.07) is 7.02. The summed E-state index contributed by atoms with van der Waals surface area (Å²) in [7, 11) is 0. The largest absolute Gasteiger partial charge is 0.389 e. The number of aliphatic hydroxyl groups is 1. The lowest BCUT2D eigenvalue weighted by molar-refractivity contribution is -0.117. The zero-order valence-corrected chi connectivity index (χ0v) is 15.5. The van der Waals surface area contributed by atoms with Gasteiger partial charge < -0.3 is 25.8 Å². The van der Waals surface area contributed by atoms with Crippen molar-refractivity contribution in [3.63, 3.8) is 0 Å². The van der Waals surface area contributed by atoms with E-state index in [0.717, 1.165) is 24.1 Å². The summed E-state index contributed by atoms with van der Waals surface area (Å²) in [6.45, 7) is 5.35. The zero-order chi connectivity index (χ0) is 18.9. The van der Waals surface area contributed by atoms with Gasteiger partial charge in [0, 0.05) is 31.3 Å². The van der Waals surface area contributed by atoms with E-state index in [-0.39, 0.29) is 31.0 Å². The first-order chi connectivity index (χ1) is 12.4. The van der Waals surface area contributed by atoms with Gasteiger partial charge in [0.05, 0.1) is 12.7 Å². The number of carbonyl (C=O) groups is 2. The Morgan fingerprint density at radius 3 is 2.46 bits per heavy atom. The maximum absolute atomic E-state index is 11.8. The van der Waals surface area contributed by atoms with Crippen LogP contribution in [-0.2, 0) is 16.1 Å². The van der Waals surface area contributed by atoms with Crippen LogP contribution < -0.4 is 16.0 Å². The van der Waals surface area contributed by atoms with E-state index in [1.54, 1.807) is 0 Å². The molecule has 0 bridgehead atoms. The Labute approximate surface area is 154 Å². The van der Waals surface area contributed by atoms with Crippen molar-refractivity contribution in [3.05, 3.63) is 29.8 Å². The number of urea groups is 1. The van der Waals surface area contributed by atoms with Crippen LogP contribution in [0, 0.1) is 11.8 Å². The summed E-state index contributed by atoms with van der Waals surface area (Å²) in [6.07, 6.45) is 1.22. The van der Waals surface area contributed by atoms with Crippen molar-refractivity contribution < 1.29 is 19.4 Å². The highest BCUT2D eigenvalue weighted by molar-refractivity contribution is 5.94. The Morgan fingerprint density at radius 2 is 1.85 bits per heavy atom. The van der Waals surface area contributed by atoms with Crippen LogP contribution in [0.5, 0.6) is 0 Å². The molecule has 1 aliphatic carbocycles. The Balaban J connectivity index is 1.61. The molecule has 3 amide bonds. The standard InChI is InChI=1S/C19H29N3O4/c1-13(2)11-26-12-17(23)10-21-19(25)20-9-14-3-7-16(8-4-14)22-18(24)15-5-6-15/h3-4,7-8,13,15,17,23H,5-6,9-12H2,1-2H3,(H,22,24)(H2,20,21,25). The molecule has 0 heterocycles. The van der Waals surface area contributed by atoms with E-state index in [0.29, 0.717) is 19.1 Å². The van der Waals surface area contributed by atoms with E-state index >= 15 is 0 Å². The molecule has 0 aromatic heterocycles. The maximum Gasteiger partial charge on any atom is 0.315 e. The average Bonchev–Trinajstić information content (AvgIpc) is 3.44. The molecule has 1 fully saturated rings. The van der Waals surface area contributed by atoms with E-state index in [9.17, 15) is 14.7 Å². The van der Waals surface area contributed by atoms with Crippen LogP contribution in [0.2, 0.25) is 0 Å². The third-order valence-electron chi connectivity index (χ3n) is 3.88. The number of anilines is 1. The van der Waals surface area contributed by atoms with E-state index < -0.39 is 6.10 Å². The van der Waals surface area contributed by atoms with Gasteiger partial charge in [0.15, 0.2) is 0 Å². The lowest BCUT2D eigenvalue weighted by atomic mass is 10.2. The molecule has 0 saturated heterocycles. The van der Waals surface area contributed by atoms with Crippen LogP contribution >= 0.6 is 0 Å². The quantitative estimate of drug-likeness (QED) is 0.510. The van der Waals surface area contributed by atoms with Crippen LogP contribution in [0.3, 0.4) is 0 Å². The second kappa shape index (κ2) is 10.1. The zero-order valence-electron chi connectivity index (χ0n) is 15.5. The SMILES string of the molecule is CC(C)COCC(O)CNC(=O)NCc1ccc(NC(=O)C2CC2)cc1. The Morgan fingerprint density at radius 1 is 1.15 bits per heavy atom. The fourth-order valence-electron chi connectivity index (χ4n) is 2.25. The van der Waals surface area contributed by atoms with Crippen molar-refractivity contribution in [2.24, 2.45) is 11.8 Å². The normalized spacial score (nSPS) is 14.8. The predicted molar refractivity (Wildman–Crippen MR) is 99.7 cm³/mol. The summed E-state index contributed by atoms with van der Waals surface area (Å²) in [4.78, 5) is 23.5. The van der Waals surface area contributed by atoms with Gasteiger partial charge in [0.2, 0.25) is 5.91 Å². The van der Waals surface area contributed by atoms with Crippen molar-refractivity contribution in [3.8, 4) is 0 Å². The number of aliphatic hydroxyl groups excluding tert-OH is 1. The highest BCUT2D eigenvalue weighted by Gasteiger charge is 2.29. The molecule has 1 saturated carbocycles. The first-order valence-corrected chi connectivity index (χ1v) is 9.11. The third-order valence-corrected chi connectivity index (χ3v) is 3.88. The van der Waals surface area contributed by atoms with Gasteiger partial charge in [0.25, 0.3) is 0 Å². The average molecular weight is 363 g/mol. The van der Waals surface area contributed by atoms with Gasteiger partial charge in [-0.1, -0.05) is 26.0 Å². The molecule has 1 aromatic rings. The van der Waals surface area contributed by atoms with Gasteiger partial charge in [-0.2, -0.15) is 0 Å². The van der Waals surface area contributed by atoms with Gasteiger partial charge in [-0.05, 0) is 36.5 Å². The van der Waals surface area contributed by atoms with E-state index in [1.807, 2.05) is 38.1 Å². The Hall–Kier alpha value is -2.12. The van der Waals surface area contributed by atoms with Crippen LogP contribution in [0.4, 0.5) is 10.5 Å². The summed E-state index contributed by atoms with van der Waals surface area (Å²) in [5, 5.41) is 18.0. The Kier molecular flexibility index (Phi) is 7.87. The molecule has 1 aliphatic rings. The highest BCUT2D eigenvalue weighted by Crippen LogP contribution is 2.30. The van der Waals surface area contributed by atoms with Gasteiger partial charge in [0.1, 0.15) is 0 Å². The second-order valence-electron chi connectivity index (χ2n) is 7.11. The number of rotatable bonds is 10. The number of benzene rings is 1. The third kappa shape index (κ3) is 7.84. The van der Waals surface area contributed by atoms with Crippen LogP contribution in [0.25, 0.3) is 0 Å². The molecular weight excluding hydrogens is 334 g/mol. The molecule has 144 valence electrons. The topological polar surface area (TPSA) is 99.7 Å². The number of ether oxygens (including phenoxy) is 1. The summed E-state index contributed by atoms with van der Waals surface area (Å²) >= 11 is 0. The van der Waals surface area contributed by atoms with Crippen molar-refractivity contribution in [1.82, 2.24) is 10.6 Å². The lowest BCUT2D eigenvalue weighted by Gasteiger charge is -2.14. The van der Waals surface area contributed by atoms with Crippen LogP contribution in [-0.4, -0.2) is 42.9 Å². The fourth-order valence-corrected chi connectivity index (χ4v) is 2.25. The van der Waals surface area contributed by atoms with Crippen molar-refractivity contribution in [2.45, 2.75) is 39.3 Å². The van der Waals surface area contributed by atoms with Gasteiger partial charge >= 0.3 is 6.03 Å². The van der Waals surface area contributed by atoms with Crippen molar-refractivity contribution in [1.29, 1.82) is 0 Å². The minimum Gasteiger partial charge on any atom is -0.389 e. The van der Waals surface area contributed by atoms with Crippen molar-refractivity contribution >= 4 is 17.6 Å². The minimum absolute atomic E-state index is 0.0752. The first kappa shape index (κ1) is 20.2. The number of nitrogens with one attached hydrogen (secondary N) is 3. The van der Waals surface area contributed by atoms with Crippen LogP contribution in [0.15, 0.2) is 24.3 Å². The summed E-state index contributed by atoms with van der Waals surface area (Å²) in [5.74, 6) is 0.657. The fraction of sp³-hybridized carbons (Fsp3) is 0.579. The molecule has 0 spiro atoms. The highest BCUT2D eigenvalue weighted by atomic mass is 16.5.